The number of ether oxygens (including phenoxy) is 2. The Kier molecular flexibility index (Phi) is 6.75. The molecule has 0 heterocycles. The van der Waals surface area contributed by atoms with Crippen LogP contribution in [0, 0.1) is 5.92 Å². The van der Waals surface area contributed by atoms with Gasteiger partial charge in [0.05, 0.1) is 31.1 Å². The molecule has 2 N–H and O–H groups in total. The first-order valence-electron chi connectivity index (χ1n) is 5.36. The zero-order valence-electron chi connectivity index (χ0n) is 10.8. The number of methoxy groups -OCH3 is 2. The molecule has 0 aliphatic carbocycles. The minimum Gasteiger partial charge on any atom is -0.481 e. The molecule has 0 saturated heterocycles. The first-order chi connectivity index (χ1) is 7.84. The van der Waals surface area contributed by atoms with Crippen LogP contribution in [0.4, 0.5) is 0 Å². The minimum absolute atomic E-state index is 0.144. The summed E-state index contributed by atoms with van der Waals surface area (Å²) in [5.74, 6) is -1.55. The molecule has 17 heavy (non-hydrogen) atoms. The third kappa shape index (κ3) is 6.23. The fourth-order valence-corrected chi connectivity index (χ4v) is 1.53. The van der Waals surface area contributed by atoms with Crippen molar-refractivity contribution in [1.29, 1.82) is 0 Å². The van der Waals surface area contributed by atoms with E-state index in [-0.39, 0.29) is 24.9 Å². The standard InChI is InChI=1S/C11H21NO5/c1-8(6-16-3)10(15)12-11(2,7-17-4)5-9(13)14/h8H,5-7H2,1-4H3,(H,12,15)(H,13,14). The van der Waals surface area contributed by atoms with E-state index in [9.17, 15) is 9.59 Å². The van der Waals surface area contributed by atoms with Gasteiger partial charge in [0, 0.05) is 14.2 Å². The van der Waals surface area contributed by atoms with Gasteiger partial charge in [0.2, 0.25) is 5.91 Å². The lowest BCUT2D eigenvalue weighted by Crippen LogP contribution is -2.52. The molecule has 0 aromatic heterocycles. The topological polar surface area (TPSA) is 84.9 Å². The van der Waals surface area contributed by atoms with Crippen LogP contribution in [-0.2, 0) is 19.1 Å². The Morgan fingerprint density at radius 3 is 2.35 bits per heavy atom. The maximum Gasteiger partial charge on any atom is 0.305 e. The number of amides is 1. The highest BCUT2D eigenvalue weighted by Crippen LogP contribution is 2.12. The molecular weight excluding hydrogens is 226 g/mol. The van der Waals surface area contributed by atoms with Crippen LogP contribution < -0.4 is 5.32 Å². The summed E-state index contributed by atoms with van der Waals surface area (Å²) in [5.41, 5.74) is -0.903. The second-order valence-electron chi connectivity index (χ2n) is 4.41. The molecule has 0 aliphatic rings. The third-order valence-corrected chi connectivity index (χ3v) is 2.29. The van der Waals surface area contributed by atoms with Crippen LogP contribution in [0.1, 0.15) is 20.3 Å². The van der Waals surface area contributed by atoms with Crippen LogP contribution in [0.3, 0.4) is 0 Å². The number of nitrogens with one attached hydrogen (secondary N) is 1. The molecular formula is C11H21NO5. The average Bonchev–Trinajstić information content (AvgIpc) is 2.16. The maximum atomic E-state index is 11.8. The number of aliphatic carboxylic acids is 1. The van der Waals surface area contributed by atoms with Crippen LogP contribution in [0.2, 0.25) is 0 Å². The molecule has 0 aromatic rings. The fourth-order valence-electron chi connectivity index (χ4n) is 1.53. The van der Waals surface area contributed by atoms with E-state index in [4.69, 9.17) is 14.6 Å². The molecule has 0 fully saturated rings. The van der Waals surface area contributed by atoms with Crippen LogP contribution in [0.5, 0.6) is 0 Å². The highest BCUT2D eigenvalue weighted by Gasteiger charge is 2.30. The van der Waals surface area contributed by atoms with E-state index in [1.807, 2.05) is 0 Å². The van der Waals surface area contributed by atoms with E-state index in [1.54, 1.807) is 13.8 Å². The second-order valence-corrected chi connectivity index (χ2v) is 4.41. The first-order valence-corrected chi connectivity index (χ1v) is 5.36. The molecule has 0 aromatic carbocycles. The van der Waals surface area contributed by atoms with Crippen molar-refractivity contribution < 1.29 is 24.2 Å². The van der Waals surface area contributed by atoms with E-state index in [0.717, 1.165) is 0 Å². The molecule has 0 radical (unpaired) electrons. The van der Waals surface area contributed by atoms with Crippen molar-refractivity contribution in [2.75, 3.05) is 27.4 Å². The van der Waals surface area contributed by atoms with Crippen molar-refractivity contribution >= 4 is 11.9 Å². The van der Waals surface area contributed by atoms with Crippen LogP contribution in [0.25, 0.3) is 0 Å². The summed E-state index contributed by atoms with van der Waals surface area (Å²) in [6.07, 6.45) is -0.188. The van der Waals surface area contributed by atoms with Gasteiger partial charge in [-0.1, -0.05) is 6.92 Å². The summed E-state index contributed by atoms with van der Waals surface area (Å²) in [6.45, 7) is 3.79. The van der Waals surface area contributed by atoms with Gasteiger partial charge in [-0.2, -0.15) is 0 Å². The summed E-state index contributed by atoms with van der Waals surface area (Å²) < 4.78 is 9.81. The number of rotatable bonds is 8. The van der Waals surface area contributed by atoms with Gasteiger partial charge in [-0.25, -0.2) is 0 Å². The minimum atomic E-state index is -0.982. The van der Waals surface area contributed by atoms with Gasteiger partial charge in [0.15, 0.2) is 0 Å². The molecule has 2 atom stereocenters. The number of hydrogen-bond acceptors (Lipinski definition) is 4. The van der Waals surface area contributed by atoms with Gasteiger partial charge in [0.25, 0.3) is 0 Å². The normalized spacial score (nSPS) is 16.0. The Bertz CT molecular complexity index is 269. The SMILES string of the molecule is COCC(C)C(=O)NC(C)(COC)CC(=O)O. The number of carboxylic acid groups (broad SMARTS) is 1. The van der Waals surface area contributed by atoms with Crippen molar-refractivity contribution in [3.05, 3.63) is 0 Å². The Labute approximate surface area is 101 Å². The lowest BCUT2D eigenvalue weighted by molar-refractivity contribution is -0.140. The monoisotopic (exact) mass is 247 g/mol. The Balaban J connectivity index is 4.52. The van der Waals surface area contributed by atoms with Gasteiger partial charge in [-0.05, 0) is 6.92 Å². The Hall–Kier alpha value is -1.14. The summed E-state index contributed by atoms with van der Waals surface area (Å²) >= 11 is 0. The molecule has 100 valence electrons. The van der Waals surface area contributed by atoms with Crippen molar-refractivity contribution in [2.24, 2.45) is 5.92 Å². The lowest BCUT2D eigenvalue weighted by atomic mass is 9.97. The van der Waals surface area contributed by atoms with Gasteiger partial charge >= 0.3 is 5.97 Å². The zero-order valence-corrected chi connectivity index (χ0v) is 10.8. The van der Waals surface area contributed by atoms with E-state index in [1.165, 1.54) is 14.2 Å². The van der Waals surface area contributed by atoms with Gasteiger partial charge in [-0.3, -0.25) is 9.59 Å². The van der Waals surface area contributed by atoms with Crippen molar-refractivity contribution in [3.63, 3.8) is 0 Å². The second kappa shape index (κ2) is 7.24. The quantitative estimate of drug-likeness (QED) is 0.643. The molecule has 1 amide bonds. The predicted octanol–water partition coefficient (Wildman–Crippen LogP) is 0.265. The third-order valence-electron chi connectivity index (χ3n) is 2.29. The summed E-state index contributed by atoms with van der Waals surface area (Å²) in [4.78, 5) is 22.5. The highest BCUT2D eigenvalue weighted by molar-refractivity contribution is 5.80. The van der Waals surface area contributed by atoms with Gasteiger partial charge in [-0.15, -0.1) is 0 Å². The van der Waals surface area contributed by atoms with E-state index < -0.39 is 11.5 Å². The molecule has 6 nitrogen and oxygen atoms in total. The smallest absolute Gasteiger partial charge is 0.305 e. The van der Waals surface area contributed by atoms with E-state index >= 15 is 0 Å². The maximum absolute atomic E-state index is 11.8. The number of carbonyl (C=O) groups excluding carboxylic acids is 1. The molecule has 0 bridgehead atoms. The fraction of sp³-hybridized carbons (Fsp3) is 0.818. The summed E-state index contributed by atoms with van der Waals surface area (Å²) in [7, 11) is 2.97. The number of carboxylic acids is 1. The average molecular weight is 247 g/mol. The molecule has 0 rings (SSSR count). The van der Waals surface area contributed by atoms with Gasteiger partial charge < -0.3 is 19.9 Å². The summed E-state index contributed by atoms with van der Waals surface area (Å²) in [5, 5.41) is 11.5. The number of hydrogen-bond donors (Lipinski definition) is 2. The van der Waals surface area contributed by atoms with E-state index in [2.05, 4.69) is 5.32 Å². The first kappa shape index (κ1) is 15.9. The van der Waals surface area contributed by atoms with Crippen LogP contribution in [-0.4, -0.2) is 50.0 Å². The highest BCUT2D eigenvalue weighted by atomic mass is 16.5. The molecule has 0 spiro atoms. The Morgan fingerprint density at radius 2 is 1.94 bits per heavy atom. The van der Waals surface area contributed by atoms with Crippen LogP contribution in [0.15, 0.2) is 0 Å². The van der Waals surface area contributed by atoms with Gasteiger partial charge in [0.1, 0.15) is 0 Å². The predicted molar refractivity (Wildman–Crippen MR) is 61.7 cm³/mol. The molecule has 0 aliphatic heterocycles. The molecule has 0 saturated carbocycles. The van der Waals surface area contributed by atoms with Crippen LogP contribution >= 0.6 is 0 Å². The molecule has 2 unspecified atom stereocenters. The van der Waals surface area contributed by atoms with Crippen molar-refractivity contribution in [3.8, 4) is 0 Å². The zero-order chi connectivity index (χ0) is 13.5. The number of carbonyl (C=O) groups is 2. The lowest BCUT2D eigenvalue weighted by Gasteiger charge is -2.29. The Morgan fingerprint density at radius 1 is 1.35 bits per heavy atom. The summed E-state index contributed by atoms with van der Waals surface area (Å²) in [6, 6.07) is 0. The largest absolute Gasteiger partial charge is 0.481 e. The van der Waals surface area contributed by atoms with Crippen molar-refractivity contribution in [1.82, 2.24) is 5.32 Å². The molecule has 6 heteroatoms. The van der Waals surface area contributed by atoms with E-state index in [0.29, 0.717) is 6.61 Å². The van der Waals surface area contributed by atoms with Crippen molar-refractivity contribution in [2.45, 2.75) is 25.8 Å².